The molecule has 1 amide bonds. The molecule has 4 rings (SSSR count). The fourth-order valence-electron chi connectivity index (χ4n) is 3.12. The van der Waals surface area contributed by atoms with E-state index in [-0.39, 0.29) is 17.5 Å². The van der Waals surface area contributed by atoms with E-state index in [1.54, 1.807) is 54.4 Å². The van der Waals surface area contributed by atoms with Gasteiger partial charge in [0.15, 0.2) is 22.5 Å². The van der Waals surface area contributed by atoms with Crippen molar-refractivity contribution in [1.29, 1.82) is 0 Å². The summed E-state index contributed by atoms with van der Waals surface area (Å²) in [5, 5.41) is 11.9. The molecule has 2 aromatic carbocycles. The lowest BCUT2D eigenvalue weighted by atomic mass is 10.2. The zero-order chi connectivity index (χ0) is 23.2. The van der Waals surface area contributed by atoms with Crippen molar-refractivity contribution in [3.8, 4) is 28.6 Å². The molecule has 0 aliphatic carbocycles. The van der Waals surface area contributed by atoms with Crippen molar-refractivity contribution in [2.75, 3.05) is 25.3 Å². The van der Waals surface area contributed by atoms with Crippen LogP contribution in [0.15, 0.2) is 72.1 Å². The minimum absolute atomic E-state index is 0.0873. The summed E-state index contributed by atoms with van der Waals surface area (Å²) in [5.74, 6) is 1.16. The number of carbonyl (C=O) groups excluding carboxylic acids is 1. The topological polar surface area (TPSA) is 91.2 Å². The van der Waals surface area contributed by atoms with Crippen LogP contribution in [0, 0.1) is 5.82 Å². The predicted molar refractivity (Wildman–Crippen MR) is 123 cm³/mol. The van der Waals surface area contributed by atoms with Gasteiger partial charge in [-0.3, -0.25) is 14.3 Å². The van der Waals surface area contributed by atoms with Crippen molar-refractivity contribution in [1.82, 2.24) is 19.7 Å². The van der Waals surface area contributed by atoms with Gasteiger partial charge >= 0.3 is 0 Å². The molecule has 0 spiro atoms. The first-order valence-electron chi connectivity index (χ1n) is 9.85. The number of thioether (sulfide) groups is 1. The van der Waals surface area contributed by atoms with Crippen molar-refractivity contribution < 1.29 is 18.7 Å². The Bertz CT molecular complexity index is 1250. The molecular weight excluding hydrogens is 445 g/mol. The number of methoxy groups -OCH3 is 2. The van der Waals surface area contributed by atoms with Crippen LogP contribution in [0.4, 0.5) is 10.1 Å². The second kappa shape index (κ2) is 10.1. The van der Waals surface area contributed by atoms with E-state index in [2.05, 4.69) is 20.5 Å². The van der Waals surface area contributed by atoms with Crippen LogP contribution in [0.1, 0.15) is 0 Å². The highest BCUT2D eigenvalue weighted by atomic mass is 32.2. The highest BCUT2D eigenvalue weighted by Gasteiger charge is 2.18. The summed E-state index contributed by atoms with van der Waals surface area (Å²) < 4.78 is 25.8. The van der Waals surface area contributed by atoms with Gasteiger partial charge < -0.3 is 14.8 Å². The Balaban J connectivity index is 1.55. The smallest absolute Gasteiger partial charge is 0.234 e. The molecule has 0 saturated carbocycles. The van der Waals surface area contributed by atoms with Crippen LogP contribution in [0.25, 0.3) is 17.1 Å². The zero-order valence-corrected chi connectivity index (χ0v) is 18.7. The first kappa shape index (κ1) is 22.3. The van der Waals surface area contributed by atoms with Gasteiger partial charge in [-0.05, 0) is 48.5 Å². The number of hydrogen-bond donors (Lipinski definition) is 1. The van der Waals surface area contributed by atoms with E-state index in [9.17, 15) is 9.18 Å². The van der Waals surface area contributed by atoms with Crippen LogP contribution in [-0.4, -0.2) is 45.6 Å². The lowest BCUT2D eigenvalue weighted by molar-refractivity contribution is -0.113. The van der Waals surface area contributed by atoms with Gasteiger partial charge in [0.25, 0.3) is 0 Å². The highest BCUT2D eigenvalue weighted by molar-refractivity contribution is 7.99. The SMILES string of the molecule is COc1ccc(NC(=O)CSc2nnc(-c3ccncc3)n2-c2ccc(F)cc2)cc1OC. The Morgan fingerprint density at radius 2 is 1.73 bits per heavy atom. The monoisotopic (exact) mass is 465 g/mol. The molecule has 0 saturated heterocycles. The minimum Gasteiger partial charge on any atom is -0.493 e. The number of rotatable bonds is 8. The molecule has 0 fully saturated rings. The number of amides is 1. The van der Waals surface area contributed by atoms with E-state index < -0.39 is 0 Å². The number of aromatic nitrogens is 4. The normalized spacial score (nSPS) is 10.6. The molecule has 10 heteroatoms. The number of carbonyl (C=O) groups is 1. The molecule has 1 N–H and O–H groups in total. The standard InChI is InChI=1S/C23H20FN5O3S/c1-31-19-8-5-17(13-20(19)32-2)26-21(30)14-33-23-28-27-22(15-9-11-25-12-10-15)29(23)18-6-3-16(24)4-7-18/h3-13H,14H2,1-2H3,(H,26,30). The zero-order valence-electron chi connectivity index (χ0n) is 17.9. The number of hydrogen-bond acceptors (Lipinski definition) is 7. The van der Waals surface area contributed by atoms with Crippen LogP contribution in [-0.2, 0) is 4.79 Å². The molecule has 0 aliphatic rings. The van der Waals surface area contributed by atoms with E-state index in [4.69, 9.17) is 9.47 Å². The Hall–Kier alpha value is -3.92. The molecule has 0 bridgehead atoms. The fraction of sp³-hybridized carbons (Fsp3) is 0.130. The molecule has 0 aliphatic heterocycles. The van der Waals surface area contributed by atoms with Crippen molar-refractivity contribution in [3.05, 3.63) is 72.8 Å². The molecular formula is C23H20FN5O3S. The molecule has 8 nitrogen and oxygen atoms in total. The summed E-state index contributed by atoms with van der Waals surface area (Å²) in [6.45, 7) is 0. The third-order valence-corrected chi connectivity index (χ3v) is 5.59. The molecule has 0 unspecified atom stereocenters. The summed E-state index contributed by atoms with van der Waals surface area (Å²) in [5.41, 5.74) is 2.05. The third kappa shape index (κ3) is 5.12. The molecule has 2 aromatic heterocycles. The first-order valence-corrected chi connectivity index (χ1v) is 10.8. The van der Waals surface area contributed by atoms with E-state index in [1.807, 2.05) is 12.1 Å². The van der Waals surface area contributed by atoms with Crippen molar-refractivity contribution in [2.45, 2.75) is 5.16 Å². The van der Waals surface area contributed by atoms with Gasteiger partial charge in [0, 0.05) is 35.4 Å². The van der Waals surface area contributed by atoms with Crippen molar-refractivity contribution >= 4 is 23.4 Å². The average molecular weight is 466 g/mol. The molecule has 0 atom stereocenters. The maximum absolute atomic E-state index is 13.5. The number of ether oxygens (including phenoxy) is 2. The van der Waals surface area contributed by atoms with E-state index in [0.29, 0.717) is 33.9 Å². The van der Waals surface area contributed by atoms with Gasteiger partial charge in [0.05, 0.1) is 20.0 Å². The largest absolute Gasteiger partial charge is 0.493 e. The summed E-state index contributed by atoms with van der Waals surface area (Å²) in [7, 11) is 3.08. The van der Waals surface area contributed by atoms with Gasteiger partial charge in [0.1, 0.15) is 5.82 Å². The second-order valence-corrected chi connectivity index (χ2v) is 7.70. The Morgan fingerprint density at radius 1 is 1.00 bits per heavy atom. The summed E-state index contributed by atoms with van der Waals surface area (Å²) in [4.78, 5) is 16.6. The Labute approximate surface area is 193 Å². The minimum atomic E-state index is -0.346. The van der Waals surface area contributed by atoms with Crippen molar-refractivity contribution in [2.24, 2.45) is 0 Å². The van der Waals surface area contributed by atoms with Gasteiger partial charge in [-0.25, -0.2) is 4.39 Å². The quantitative estimate of drug-likeness (QED) is 0.390. The summed E-state index contributed by atoms with van der Waals surface area (Å²) in [6.07, 6.45) is 3.31. The maximum Gasteiger partial charge on any atom is 0.234 e. The molecule has 0 radical (unpaired) electrons. The predicted octanol–water partition coefficient (Wildman–Crippen LogP) is 4.22. The van der Waals surface area contributed by atoms with Gasteiger partial charge in [-0.2, -0.15) is 0 Å². The lowest BCUT2D eigenvalue weighted by Gasteiger charge is -2.11. The van der Waals surface area contributed by atoms with Crippen LogP contribution in [0.3, 0.4) is 0 Å². The molecule has 4 aromatic rings. The maximum atomic E-state index is 13.5. The fourth-order valence-corrected chi connectivity index (χ4v) is 3.87. The van der Waals surface area contributed by atoms with Crippen LogP contribution < -0.4 is 14.8 Å². The molecule has 33 heavy (non-hydrogen) atoms. The molecule has 168 valence electrons. The summed E-state index contributed by atoms with van der Waals surface area (Å²) >= 11 is 1.22. The first-order chi connectivity index (χ1) is 16.1. The number of pyridine rings is 1. The van der Waals surface area contributed by atoms with Crippen molar-refractivity contribution in [3.63, 3.8) is 0 Å². The highest BCUT2D eigenvalue weighted by Crippen LogP contribution is 2.31. The number of halogens is 1. The second-order valence-electron chi connectivity index (χ2n) is 6.76. The Morgan fingerprint density at radius 3 is 2.42 bits per heavy atom. The number of nitrogens with one attached hydrogen (secondary N) is 1. The van der Waals surface area contributed by atoms with E-state index >= 15 is 0 Å². The van der Waals surface area contributed by atoms with Crippen LogP contribution in [0.5, 0.6) is 11.5 Å². The number of benzene rings is 2. The van der Waals surface area contributed by atoms with E-state index in [1.165, 1.54) is 31.0 Å². The average Bonchev–Trinajstić information content (AvgIpc) is 3.27. The lowest BCUT2D eigenvalue weighted by Crippen LogP contribution is -2.14. The van der Waals surface area contributed by atoms with Gasteiger partial charge in [-0.1, -0.05) is 11.8 Å². The van der Waals surface area contributed by atoms with Crippen LogP contribution in [0.2, 0.25) is 0 Å². The van der Waals surface area contributed by atoms with Gasteiger partial charge in [0.2, 0.25) is 5.91 Å². The van der Waals surface area contributed by atoms with Gasteiger partial charge in [-0.15, -0.1) is 10.2 Å². The Kier molecular flexibility index (Phi) is 6.84. The number of nitrogens with zero attached hydrogens (tertiary/aromatic N) is 4. The molecule has 2 heterocycles. The summed E-state index contributed by atoms with van der Waals surface area (Å²) in [6, 6.07) is 14.7. The number of anilines is 1. The van der Waals surface area contributed by atoms with E-state index in [0.717, 1.165) is 5.56 Å². The third-order valence-electron chi connectivity index (χ3n) is 4.66. The van der Waals surface area contributed by atoms with Crippen LogP contribution >= 0.6 is 11.8 Å².